The largest absolute Gasteiger partial charge is 0.317 e. The Morgan fingerprint density at radius 3 is 2.65 bits per heavy atom. The molecule has 0 saturated carbocycles. The summed E-state index contributed by atoms with van der Waals surface area (Å²) in [5.41, 5.74) is 1.89. The summed E-state index contributed by atoms with van der Waals surface area (Å²) in [6.45, 7) is 1.99. The minimum Gasteiger partial charge on any atom is -0.317 e. The molecule has 2 N–H and O–H groups in total. The molecule has 0 spiro atoms. The maximum absolute atomic E-state index is 12.2. The number of imide groups is 1. The van der Waals surface area contributed by atoms with E-state index in [2.05, 4.69) is 21.4 Å². The number of nitrogens with one attached hydrogen (secondary N) is 2. The molecule has 0 aliphatic carbocycles. The summed E-state index contributed by atoms with van der Waals surface area (Å²) in [6.07, 6.45) is 3.00. The molecule has 23 heavy (non-hydrogen) atoms. The quantitative estimate of drug-likeness (QED) is 0.824. The molecule has 2 aliphatic rings. The van der Waals surface area contributed by atoms with E-state index in [1.165, 1.54) is 0 Å². The van der Waals surface area contributed by atoms with Crippen molar-refractivity contribution in [1.82, 2.24) is 20.4 Å². The minimum atomic E-state index is -0.333. The standard InChI is InChI=1S/C17H20N4O2/c22-15-6-5-13(17(23)19-15)16-12-3-1-2-4-14(12)21(20-16)11-7-9-18-10-8-11/h1-4,11,13,18H,5-10H2,(H,19,22,23). The van der Waals surface area contributed by atoms with Crippen LogP contribution >= 0.6 is 0 Å². The van der Waals surface area contributed by atoms with Crippen LogP contribution in [0.3, 0.4) is 0 Å². The van der Waals surface area contributed by atoms with Gasteiger partial charge in [-0.1, -0.05) is 18.2 Å². The fourth-order valence-electron chi connectivity index (χ4n) is 3.66. The molecule has 2 aliphatic heterocycles. The summed E-state index contributed by atoms with van der Waals surface area (Å²) in [4.78, 5) is 23.6. The van der Waals surface area contributed by atoms with Gasteiger partial charge in [0.05, 0.1) is 23.2 Å². The highest BCUT2D eigenvalue weighted by Crippen LogP contribution is 2.33. The average molecular weight is 312 g/mol. The summed E-state index contributed by atoms with van der Waals surface area (Å²) >= 11 is 0. The third-order valence-electron chi connectivity index (χ3n) is 4.87. The van der Waals surface area contributed by atoms with E-state index in [-0.39, 0.29) is 17.7 Å². The first-order valence-electron chi connectivity index (χ1n) is 8.25. The van der Waals surface area contributed by atoms with Crippen LogP contribution in [0.15, 0.2) is 24.3 Å². The van der Waals surface area contributed by atoms with E-state index in [1.807, 2.05) is 18.2 Å². The Balaban J connectivity index is 1.78. The second-order valence-corrected chi connectivity index (χ2v) is 6.33. The molecule has 2 amide bonds. The van der Waals surface area contributed by atoms with Crippen LogP contribution in [0.5, 0.6) is 0 Å². The number of carbonyl (C=O) groups is 2. The van der Waals surface area contributed by atoms with Crippen molar-refractivity contribution >= 4 is 22.7 Å². The first-order chi connectivity index (χ1) is 11.2. The van der Waals surface area contributed by atoms with Gasteiger partial charge in [-0.2, -0.15) is 5.10 Å². The van der Waals surface area contributed by atoms with Gasteiger partial charge in [-0.25, -0.2) is 0 Å². The van der Waals surface area contributed by atoms with E-state index in [4.69, 9.17) is 5.10 Å². The second kappa shape index (κ2) is 5.77. The fraction of sp³-hybridized carbons (Fsp3) is 0.471. The molecule has 120 valence electrons. The Hall–Kier alpha value is -2.21. The summed E-state index contributed by atoms with van der Waals surface area (Å²) in [5.74, 6) is -0.740. The lowest BCUT2D eigenvalue weighted by atomic mass is 9.93. The van der Waals surface area contributed by atoms with Crippen molar-refractivity contribution < 1.29 is 9.59 Å². The van der Waals surface area contributed by atoms with Crippen LogP contribution in [0.1, 0.15) is 43.3 Å². The molecule has 4 rings (SSSR count). The smallest absolute Gasteiger partial charge is 0.235 e. The lowest BCUT2D eigenvalue weighted by Crippen LogP contribution is -2.39. The zero-order valence-corrected chi connectivity index (χ0v) is 12.9. The SMILES string of the molecule is O=C1CCC(c2nn(C3CCNCC3)c3ccccc23)C(=O)N1. The minimum absolute atomic E-state index is 0.187. The third kappa shape index (κ3) is 2.53. The molecule has 2 saturated heterocycles. The molecule has 2 fully saturated rings. The highest BCUT2D eigenvalue weighted by molar-refractivity contribution is 6.02. The van der Waals surface area contributed by atoms with Crippen molar-refractivity contribution in [3.63, 3.8) is 0 Å². The number of para-hydroxylation sites is 1. The lowest BCUT2D eigenvalue weighted by molar-refractivity contribution is -0.134. The Morgan fingerprint density at radius 2 is 1.87 bits per heavy atom. The number of nitrogens with zero attached hydrogens (tertiary/aromatic N) is 2. The van der Waals surface area contributed by atoms with Crippen molar-refractivity contribution in [2.24, 2.45) is 0 Å². The zero-order valence-electron chi connectivity index (χ0n) is 12.9. The van der Waals surface area contributed by atoms with E-state index in [0.29, 0.717) is 18.9 Å². The number of benzene rings is 1. The van der Waals surface area contributed by atoms with Gasteiger partial charge < -0.3 is 5.32 Å². The van der Waals surface area contributed by atoms with Gasteiger partial charge in [-0.15, -0.1) is 0 Å². The molecule has 6 nitrogen and oxygen atoms in total. The molecule has 6 heteroatoms. The van der Waals surface area contributed by atoms with Crippen LogP contribution in [0, 0.1) is 0 Å². The monoisotopic (exact) mass is 312 g/mol. The molecule has 1 aromatic heterocycles. The Labute approximate surface area is 134 Å². The van der Waals surface area contributed by atoms with Crippen LogP contribution in [-0.4, -0.2) is 34.7 Å². The van der Waals surface area contributed by atoms with Gasteiger partial charge in [0.1, 0.15) is 0 Å². The average Bonchev–Trinajstić information content (AvgIpc) is 2.95. The van der Waals surface area contributed by atoms with E-state index < -0.39 is 0 Å². The first-order valence-corrected chi connectivity index (χ1v) is 8.25. The second-order valence-electron chi connectivity index (χ2n) is 6.33. The molecule has 2 aromatic rings. The van der Waals surface area contributed by atoms with Crippen LogP contribution < -0.4 is 10.6 Å². The normalized spacial score (nSPS) is 23.2. The molecule has 0 bridgehead atoms. The topological polar surface area (TPSA) is 76.0 Å². The number of carbonyl (C=O) groups excluding carboxylic acids is 2. The number of hydrogen-bond acceptors (Lipinski definition) is 4. The molecular formula is C17H20N4O2. The summed E-state index contributed by atoms with van der Waals surface area (Å²) < 4.78 is 2.09. The molecular weight excluding hydrogens is 292 g/mol. The summed E-state index contributed by atoms with van der Waals surface area (Å²) in [6, 6.07) is 8.45. The predicted octanol–water partition coefficient (Wildman–Crippen LogP) is 1.48. The van der Waals surface area contributed by atoms with Gasteiger partial charge in [0.2, 0.25) is 11.8 Å². The van der Waals surface area contributed by atoms with Gasteiger partial charge in [0, 0.05) is 11.8 Å². The molecule has 1 unspecified atom stereocenters. The van der Waals surface area contributed by atoms with Crippen LogP contribution in [0.2, 0.25) is 0 Å². The number of amides is 2. The maximum Gasteiger partial charge on any atom is 0.235 e. The lowest BCUT2D eigenvalue weighted by Gasteiger charge is -2.24. The zero-order chi connectivity index (χ0) is 15.8. The highest BCUT2D eigenvalue weighted by Gasteiger charge is 2.32. The van der Waals surface area contributed by atoms with E-state index in [1.54, 1.807) is 0 Å². The summed E-state index contributed by atoms with van der Waals surface area (Å²) in [5, 5.41) is 11.7. The number of piperidine rings is 2. The Kier molecular flexibility index (Phi) is 3.61. The van der Waals surface area contributed by atoms with Crippen molar-refractivity contribution in [3.8, 4) is 0 Å². The Morgan fingerprint density at radius 1 is 1.09 bits per heavy atom. The summed E-state index contributed by atoms with van der Waals surface area (Å²) in [7, 11) is 0. The number of fused-ring (bicyclic) bond motifs is 1. The third-order valence-corrected chi connectivity index (χ3v) is 4.87. The first kappa shape index (κ1) is 14.4. The molecule has 1 atom stereocenters. The van der Waals surface area contributed by atoms with Gasteiger partial charge >= 0.3 is 0 Å². The van der Waals surface area contributed by atoms with Gasteiger partial charge in [0.25, 0.3) is 0 Å². The van der Waals surface area contributed by atoms with Gasteiger partial charge in [-0.3, -0.25) is 19.6 Å². The maximum atomic E-state index is 12.2. The number of aromatic nitrogens is 2. The molecule has 0 radical (unpaired) electrons. The van der Waals surface area contributed by atoms with Crippen LogP contribution in [0.4, 0.5) is 0 Å². The highest BCUT2D eigenvalue weighted by atomic mass is 16.2. The fourth-order valence-corrected chi connectivity index (χ4v) is 3.66. The van der Waals surface area contributed by atoms with E-state index in [0.717, 1.165) is 42.5 Å². The number of hydrogen-bond donors (Lipinski definition) is 2. The van der Waals surface area contributed by atoms with Crippen molar-refractivity contribution in [3.05, 3.63) is 30.0 Å². The van der Waals surface area contributed by atoms with Crippen molar-refractivity contribution in [2.45, 2.75) is 37.6 Å². The molecule has 3 heterocycles. The Bertz CT molecular complexity index is 761. The van der Waals surface area contributed by atoms with E-state index in [9.17, 15) is 9.59 Å². The van der Waals surface area contributed by atoms with Crippen molar-refractivity contribution in [2.75, 3.05) is 13.1 Å². The van der Waals surface area contributed by atoms with Gasteiger partial charge in [-0.05, 0) is 38.4 Å². The predicted molar refractivity (Wildman–Crippen MR) is 86.0 cm³/mol. The van der Waals surface area contributed by atoms with Crippen LogP contribution in [0.25, 0.3) is 10.9 Å². The van der Waals surface area contributed by atoms with E-state index >= 15 is 0 Å². The van der Waals surface area contributed by atoms with Crippen LogP contribution in [-0.2, 0) is 9.59 Å². The molecule has 1 aromatic carbocycles. The number of rotatable bonds is 2. The van der Waals surface area contributed by atoms with Gasteiger partial charge in [0.15, 0.2) is 0 Å². The van der Waals surface area contributed by atoms with Crippen molar-refractivity contribution in [1.29, 1.82) is 0 Å².